The molecular formula is C12H17NO2S. The van der Waals surface area contributed by atoms with Gasteiger partial charge >= 0.3 is 0 Å². The van der Waals surface area contributed by atoms with Crippen LogP contribution in [0.2, 0.25) is 0 Å². The predicted molar refractivity (Wildman–Crippen MR) is 64.8 cm³/mol. The van der Waals surface area contributed by atoms with Gasteiger partial charge in [-0.25, -0.2) is 0 Å². The van der Waals surface area contributed by atoms with Gasteiger partial charge in [-0.3, -0.25) is 4.79 Å². The number of hydrogen-bond acceptors (Lipinski definition) is 3. The van der Waals surface area contributed by atoms with Crippen LogP contribution in [0.4, 0.5) is 0 Å². The van der Waals surface area contributed by atoms with Gasteiger partial charge in [0.25, 0.3) is 0 Å². The number of carbonyl (C=O) groups is 1. The Kier molecular flexibility index (Phi) is 3.96. The molecule has 1 amide bonds. The molecule has 0 unspecified atom stereocenters. The van der Waals surface area contributed by atoms with E-state index in [4.69, 9.17) is 4.74 Å². The van der Waals surface area contributed by atoms with E-state index in [1.165, 1.54) is 5.56 Å². The quantitative estimate of drug-likeness (QED) is 0.808. The lowest BCUT2D eigenvalue weighted by Gasteiger charge is -2.31. The van der Waals surface area contributed by atoms with Crippen molar-refractivity contribution in [2.75, 3.05) is 26.8 Å². The van der Waals surface area contributed by atoms with E-state index in [9.17, 15) is 4.79 Å². The molecule has 0 bridgehead atoms. The number of methoxy groups -OCH3 is 1. The van der Waals surface area contributed by atoms with Crippen molar-refractivity contribution < 1.29 is 9.53 Å². The second kappa shape index (κ2) is 5.46. The lowest BCUT2D eigenvalue weighted by Crippen LogP contribution is -2.39. The second-order valence-corrected chi connectivity index (χ2v) is 4.92. The zero-order valence-electron chi connectivity index (χ0n) is 9.52. The third-order valence-electron chi connectivity index (χ3n) is 3.13. The molecule has 1 aromatic rings. The molecule has 2 rings (SSSR count). The fourth-order valence-corrected chi connectivity index (χ4v) is 2.93. The lowest BCUT2D eigenvalue weighted by atomic mass is 9.91. The van der Waals surface area contributed by atoms with Gasteiger partial charge in [0.1, 0.15) is 6.61 Å². The summed E-state index contributed by atoms with van der Waals surface area (Å²) >= 11 is 1.75. The van der Waals surface area contributed by atoms with Crippen molar-refractivity contribution in [1.82, 2.24) is 4.90 Å². The molecule has 1 saturated heterocycles. The number of thiophene rings is 1. The number of ether oxygens (including phenoxy) is 1. The highest BCUT2D eigenvalue weighted by Crippen LogP contribution is 2.29. The smallest absolute Gasteiger partial charge is 0.248 e. The molecule has 2 heterocycles. The van der Waals surface area contributed by atoms with Crippen molar-refractivity contribution in [2.24, 2.45) is 0 Å². The molecular weight excluding hydrogens is 222 g/mol. The van der Waals surface area contributed by atoms with E-state index < -0.39 is 0 Å². The van der Waals surface area contributed by atoms with Crippen molar-refractivity contribution >= 4 is 17.2 Å². The van der Waals surface area contributed by atoms with E-state index in [1.807, 2.05) is 4.90 Å². The van der Waals surface area contributed by atoms with Crippen molar-refractivity contribution in [3.63, 3.8) is 0 Å². The average Bonchev–Trinajstić information content (AvgIpc) is 2.83. The van der Waals surface area contributed by atoms with E-state index in [2.05, 4.69) is 16.8 Å². The lowest BCUT2D eigenvalue weighted by molar-refractivity contribution is -0.136. The first-order chi connectivity index (χ1) is 7.81. The van der Waals surface area contributed by atoms with Crippen LogP contribution in [0, 0.1) is 0 Å². The third-order valence-corrected chi connectivity index (χ3v) is 3.83. The molecule has 1 aliphatic rings. The van der Waals surface area contributed by atoms with Crippen molar-refractivity contribution in [2.45, 2.75) is 18.8 Å². The minimum Gasteiger partial charge on any atom is -0.375 e. The van der Waals surface area contributed by atoms with Crippen LogP contribution in [0.25, 0.3) is 0 Å². The number of likely N-dealkylation sites (tertiary alicyclic amines) is 1. The first kappa shape index (κ1) is 11.6. The molecule has 3 nitrogen and oxygen atoms in total. The van der Waals surface area contributed by atoms with E-state index in [0.717, 1.165) is 25.9 Å². The van der Waals surface area contributed by atoms with Gasteiger partial charge in [0, 0.05) is 20.2 Å². The molecule has 1 aliphatic heterocycles. The topological polar surface area (TPSA) is 29.5 Å². The molecule has 4 heteroatoms. The first-order valence-electron chi connectivity index (χ1n) is 5.60. The fourth-order valence-electron chi connectivity index (χ4n) is 2.18. The van der Waals surface area contributed by atoms with Gasteiger partial charge in [0.15, 0.2) is 0 Å². The van der Waals surface area contributed by atoms with E-state index in [0.29, 0.717) is 5.92 Å². The summed E-state index contributed by atoms with van der Waals surface area (Å²) in [7, 11) is 1.57. The van der Waals surface area contributed by atoms with Crippen molar-refractivity contribution in [1.29, 1.82) is 0 Å². The molecule has 0 N–H and O–H groups in total. The molecule has 88 valence electrons. The standard InChI is InChI=1S/C12H17NO2S/c1-15-8-12(14)13-5-2-10(3-6-13)11-4-7-16-9-11/h4,7,9-10H,2-3,5-6,8H2,1H3. The minimum atomic E-state index is 0.117. The van der Waals surface area contributed by atoms with Crippen molar-refractivity contribution in [3.05, 3.63) is 22.4 Å². The van der Waals surface area contributed by atoms with Crippen LogP contribution in [0.3, 0.4) is 0 Å². The minimum absolute atomic E-state index is 0.117. The van der Waals surface area contributed by atoms with Gasteiger partial charge in [0.2, 0.25) is 5.91 Å². The Morgan fingerprint density at radius 3 is 2.88 bits per heavy atom. The highest BCUT2D eigenvalue weighted by atomic mass is 32.1. The van der Waals surface area contributed by atoms with Crippen LogP contribution in [0.15, 0.2) is 16.8 Å². The summed E-state index contributed by atoms with van der Waals surface area (Å²) < 4.78 is 4.87. The Morgan fingerprint density at radius 2 is 2.31 bits per heavy atom. The summed E-state index contributed by atoms with van der Waals surface area (Å²) in [5.41, 5.74) is 1.43. The molecule has 1 aromatic heterocycles. The Bertz CT molecular complexity index is 329. The molecule has 0 spiro atoms. The maximum absolute atomic E-state index is 11.6. The Hall–Kier alpha value is -0.870. The summed E-state index contributed by atoms with van der Waals surface area (Å²) in [6, 6.07) is 2.20. The average molecular weight is 239 g/mol. The van der Waals surface area contributed by atoms with Crippen LogP contribution in [-0.4, -0.2) is 37.6 Å². The van der Waals surface area contributed by atoms with Gasteiger partial charge in [-0.15, -0.1) is 0 Å². The number of hydrogen-bond donors (Lipinski definition) is 0. The largest absolute Gasteiger partial charge is 0.375 e. The Morgan fingerprint density at radius 1 is 1.56 bits per heavy atom. The molecule has 0 atom stereocenters. The van der Waals surface area contributed by atoms with E-state index >= 15 is 0 Å². The van der Waals surface area contributed by atoms with E-state index in [1.54, 1.807) is 18.4 Å². The van der Waals surface area contributed by atoms with Crippen LogP contribution >= 0.6 is 11.3 Å². The number of rotatable bonds is 3. The normalized spacial score (nSPS) is 17.7. The molecule has 0 saturated carbocycles. The Balaban J connectivity index is 1.85. The number of carbonyl (C=O) groups excluding carboxylic acids is 1. The molecule has 0 aromatic carbocycles. The van der Waals surface area contributed by atoms with Gasteiger partial charge < -0.3 is 9.64 Å². The first-order valence-corrected chi connectivity index (χ1v) is 6.54. The number of amides is 1. The monoisotopic (exact) mass is 239 g/mol. The van der Waals surface area contributed by atoms with Crippen LogP contribution < -0.4 is 0 Å². The van der Waals surface area contributed by atoms with Gasteiger partial charge in [0.05, 0.1) is 0 Å². The third kappa shape index (κ3) is 2.62. The summed E-state index contributed by atoms with van der Waals surface area (Å²) in [6.45, 7) is 1.94. The van der Waals surface area contributed by atoms with Gasteiger partial charge in [-0.2, -0.15) is 11.3 Å². The maximum atomic E-state index is 11.6. The molecule has 0 radical (unpaired) electrons. The summed E-state index contributed by atoms with van der Waals surface area (Å²) in [6.07, 6.45) is 2.15. The predicted octanol–water partition coefficient (Wildman–Crippen LogP) is 2.10. The maximum Gasteiger partial charge on any atom is 0.248 e. The zero-order valence-corrected chi connectivity index (χ0v) is 10.3. The van der Waals surface area contributed by atoms with Gasteiger partial charge in [-0.05, 0) is 41.1 Å². The van der Waals surface area contributed by atoms with Crippen LogP contribution in [0.1, 0.15) is 24.3 Å². The van der Waals surface area contributed by atoms with Crippen LogP contribution in [0.5, 0.6) is 0 Å². The highest BCUT2D eigenvalue weighted by molar-refractivity contribution is 7.07. The Labute approximate surface area is 100 Å². The number of piperidine rings is 1. The summed E-state index contributed by atoms with van der Waals surface area (Å²) in [5.74, 6) is 0.754. The highest BCUT2D eigenvalue weighted by Gasteiger charge is 2.23. The SMILES string of the molecule is COCC(=O)N1CCC(c2ccsc2)CC1. The van der Waals surface area contributed by atoms with Gasteiger partial charge in [-0.1, -0.05) is 0 Å². The molecule has 16 heavy (non-hydrogen) atoms. The van der Waals surface area contributed by atoms with Crippen molar-refractivity contribution in [3.8, 4) is 0 Å². The molecule has 1 fully saturated rings. The second-order valence-electron chi connectivity index (χ2n) is 4.14. The molecule has 0 aliphatic carbocycles. The summed E-state index contributed by atoms with van der Waals surface area (Å²) in [4.78, 5) is 13.5. The summed E-state index contributed by atoms with van der Waals surface area (Å²) in [5, 5.41) is 4.34. The number of nitrogens with zero attached hydrogens (tertiary/aromatic N) is 1. The van der Waals surface area contributed by atoms with Crippen LogP contribution in [-0.2, 0) is 9.53 Å². The van der Waals surface area contributed by atoms with E-state index in [-0.39, 0.29) is 12.5 Å². The zero-order chi connectivity index (χ0) is 11.4. The fraction of sp³-hybridized carbons (Fsp3) is 0.583.